The number of nitrogens with zero attached hydrogens (tertiary/aromatic N) is 1. The van der Waals surface area contributed by atoms with Crippen LogP contribution in [0.25, 0.3) is 0 Å². The molecule has 5 heteroatoms. The Kier molecular flexibility index (Phi) is 3.34. The quantitative estimate of drug-likeness (QED) is 0.924. The van der Waals surface area contributed by atoms with Gasteiger partial charge in [0.25, 0.3) is 0 Å². The van der Waals surface area contributed by atoms with Crippen molar-refractivity contribution in [3.8, 4) is 0 Å². The van der Waals surface area contributed by atoms with Crippen LogP contribution in [0, 0.1) is 13.8 Å². The smallest absolute Gasteiger partial charge is 0.335 e. The molecule has 1 heterocycles. The largest absolute Gasteiger partial charge is 0.478 e. The fraction of sp³-hybridized carbons (Fsp3) is 0.231. The minimum absolute atomic E-state index is 0.0207. The number of rotatable bonds is 3. The van der Waals surface area contributed by atoms with Gasteiger partial charge in [0.15, 0.2) is 0 Å². The van der Waals surface area contributed by atoms with Gasteiger partial charge in [-0.1, -0.05) is 23.5 Å². The Labute approximate surface area is 108 Å². The molecule has 0 saturated carbocycles. The molecule has 1 aromatic heterocycles. The van der Waals surface area contributed by atoms with Crippen molar-refractivity contribution in [2.45, 2.75) is 20.4 Å². The monoisotopic (exact) mass is 263 g/mol. The molecule has 1 N–H and O–H groups in total. The average molecular weight is 263 g/mol. The molecular formula is C13H13NO3S. The standard InChI is InChI=1S/C13H13NO3S/c1-8-9(2)18-13(17)14(8)7-10-3-5-11(6-4-10)12(15)16/h3-6H,7H2,1-2H3,(H,15,16). The molecule has 18 heavy (non-hydrogen) atoms. The second-order valence-electron chi connectivity index (χ2n) is 4.10. The summed E-state index contributed by atoms with van der Waals surface area (Å²) in [6, 6.07) is 6.58. The molecule has 2 aromatic rings. The van der Waals surface area contributed by atoms with Crippen molar-refractivity contribution >= 4 is 17.3 Å². The lowest BCUT2D eigenvalue weighted by Gasteiger charge is -2.05. The van der Waals surface area contributed by atoms with E-state index in [1.807, 2.05) is 13.8 Å². The number of thiazole rings is 1. The van der Waals surface area contributed by atoms with Crippen molar-refractivity contribution in [1.29, 1.82) is 0 Å². The number of aromatic carboxylic acids is 1. The van der Waals surface area contributed by atoms with Gasteiger partial charge in [0.1, 0.15) is 0 Å². The van der Waals surface area contributed by atoms with E-state index in [1.165, 1.54) is 11.3 Å². The van der Waals surface area contributed by atoms with Gasteiger partial charge in [-0.05, 0) is 31.5 Å². The van der Waals surface area contributed by atoms with E-state index in [2.05, 4.69) is 0 Å². The van der Waals surface area contributed by atoms with Crippen molar-refractivity contribution in [3.63, 3.8) is 0 Å². The topological polar surface area (TPSA) is 59.3 Å². The Morgan fingerprint density at radius 1 is 1.28 bits per heavy atom. The van der Waals surface area contributed by atoms with Gasteiger partial charge in [0.2, 0.25) is 0 Å². The molecule has 0 aliphatic carbocycles. The van der Waals surface area contributed by atoms with E-state index in [-0.39, 0.29) is 10.4 Å². The highest BCUT2D eigenvalue weighted by Crippen LogP contribution is 2.12. The van der Waals surface area contributed by atoms with Crippen LogP contribution in [0.4, 0.5) is 0 Å². The van der Waals surface area contributed by atoms with Crippen LogP contribution in [0.1, 0.15) is 26.5 Å². The van der Waals surface area contributed by atoms with Gasteiger partial charge in [-0.2, -0.15) is 0 Å². The summed E-state index contributed by atoms with van der Waals surface area (Å²) in [7, 11) is 0. The molecule has 0 aliphatic heterocycles. The van der Waals surface area contributed by atoms with Gasteiger partial charge in [-0.25, -0.2) is 4.79 Å². The van der Waals surface area contributed by atoms with E-state index in [0.29, 0.717) is 6.54 Å². The molecule has 0 spiro atoms. The Balaban J connectivity index is 2.29. The van der Waals surface area contributed by atoms with Crippen LogP contribution in [0.5, 0.6) is 0 Å². The summed E-state index contributed by atoms with van der Waals surface area (Å²) in [5, 5.41) is 8.80. The highest BCUT2D eigenvalue weighted by atomic mass is 32.1. The van der Waals surface area contributed by atoms with Crippen LogP contribution >= 0.6 is 11.3 Å². The maximum atomic E-state index is 11.7. The van der Waals surface area contributed by atoms with E-state index in [4.69, 9.17) is 5.11 Å². The van der Waals surface area contributed by atoms with E-state index in [0.717, 1.165) is 16.1 Å². The highest BCUT2D eigenvalue weighted by molar-refractivity contribution is 7.09. The first kappa shape index (κ1) is 12.6. The van der Waals surface area contributed by atoms with Gasteiger partial charge in [-0.15, -0.1) is 0 Å². The summed E-state index contributed by atoms with van der Waals surface area (Å²) in [5.74, 6) is -0.943. The first-order valence-corrected chi connectivity index (χ1v) is 6.29. The SMILES string of the molecule is Cc1sc(=O)n(Cc2ccc(C(=O)O)cc2)c1C. The van der Waals surface area contributed by atoms with Crippen LogP contribution in [-0.2, 0) is 6.54 Å². The molecule has 0 saturated heterocycles. The molecular weight excluding hydrogens is 250 g/mol. The van der Waals surface area contributed by atoms with Crippen molar-refractivity contribution < 1.29 is 9.90 Å². The summed E-state index contributed by atoms with van der Waals surface area (Å²) in [4.78, 5) is 23.5. The normalized spacial score (nSPS) is 10.6. The fourth-order valence-electron chi connectivity index (χ4n) is 1.71. The van der Waals surface area contributed by atoms with E-state index < -0.39 is 5.97 Å². The molecule has 4 nitrogen and oxygen atoms in total. The highest BCUT2D eigenvalue weighted by Gasteiger charge is 2.08. The lowest BCUT2D eigenvalue weighted by molar-refractivity contribution is 0.0697. The van der Waals surface area contributed by atoms with Crippen LogP contribution in [0.2, 0.25) is 0 Å². The van der Waals surface area contributed by atoms with Gasteiger partial charge in [0.05, 0.1) is 12.1 Å². The zero-order valence-electron chi connectivity index (χ0n) is 10.1. The molecule has 2 rings (SSSR count). The number of hydrogen-bond donors (Lipinski definition) is 1. The first-order valence-electron chi connectivity index (χ1n) is 5.48. The third kappa shape index (κ3) is 2.36. The average Bonchev–Trinajstić information content (AvgIpc) is 2.57. The lowest BCUT2D eigenvalue weighted by atomic mass is 10.1. The molecule has 0 radical (unpaired) electrons. The van der Waals surface area contributed by atoms with Crippen LogP contribution in [0.3, 0.4) is 0 Å². The molecule has 0 unspecified atom stereocenters. The number of benzene rings is 1. The molecule has 1 aromatic carbocycles. The van der Waals surface area contributed by atoms with Gasteiger partial charge in [0, 0.05) is 10.6 Å². The fourth-order valence-corrected chi connectivity index (χ4v) is 2.54. The van der Waals surface area contributed by atoms with Gasteiger partial charge >= 0.3 is 10.8 Å². The van der Waals surface area contributed by atoms with E-state index in [1.54, 1.807) is 28.8 Å². The maximum Gasteiger partial charge on any atom is 0.335 e. The number of hydrogen-bond acceptors (Lipinski definition) is 3. The summed E-state index contributed by atoms with van der Waals surface area (Å²) < 4.78 is 1.70. The second-order valence-corrected chi connectivity index (χ2v) is 5.26. The van der Waals surface area contributed by atoms with Crippen LogP contribution in [-0.4, -0.2) is 15.6 Å². The minimum atomic E-state index is -0.943. The maximum absolute atomic E-state index is 11.7. The summed E-state index contributed by atoms with van der Waals surface area (Å²) in [5.41, 5.74) is 2.14. The molecule has 94 valence electrons. The predicted molar refractivity (Wildman–Crippen MR) is 70.6 cm³/mol. The van der Waals surface area contributed by atoms with Crippen molar-refractivity contribution in [2.24, 2.45) is 0 Å². The zero-order chi connectivity index (χ0) is 13.3. The predicted octanol–water partition coefficient (Wildman–Crippen LogP) is 2.27. The van der Waals surface area contributed by atoms with Crippen LogP contribution in [0.15, 0.2) is 29.1 Å². The zero-order valence-corrected chi connectivity index (χ0v) is 11.0. The Hall–Kier alpha value is -1.88. The lowest BCUT2D eigenvalue weighted by Crippen LogP contribution is -2.15. The third-order valence-electron chi connectivity index (χ3n) is 2.92. The summed E-state index contributed by atoms with van der Waals surface area (Å²) in [6.07, 6.45) is 0. The molecule has 0 amide bonds. The number of aryl methyl sites for hydroxylation is 1. The number of aromatic nitrogens is 1. The number of carbonyl (C=O) groups is 1. The third-order valence-corrected chi connectivity index (χ3v) is 3.91. The van der Waals surface area contributed by atoms with E-state index in [9.17, 15) is 9.59 Å². The van der Waals surface area contributed by atoms with Gasteiger partial charge < -0.3 is 5.11 Å². The van der Waals surface area contributed by atoms with Crippen LogP contribution < -0.4 is 4.87 Å². The summed E-state index contributed by atoms with van der Waals surface area (Å²) in [6.45, 7) is 4.32. The van der Waals surface area contributed by atoms with Crippen molar-refractivity contribution in [2.75, 3.05) is 0 Å². The van der Waals surface area contributed by atoms with Gasteiger partial charge in [-0.3, -0.25) is 9.36 Å². The molecule has 0 atom stereocenters. The Morgan fingerprint density at radius 2 is 1.89 bits per heavy atom. The molecule has 0 bridgehead atoms. The first-order chi connectivity index (χ1) is 8.49. The van der Waals surface area contributed by atoms with Crippen molar-refractivity contribution in [3.05, 3.63) is 55.6 Å². The molecule has 0 aliphatic rings. The molecule has 0 fully saturated rings. The Morgan fingerprint density at radius 3 is 2.33 bits per heavy atom. The summed E-state index contributed by atoms with van der Waals surface area (Å²) >= 11 is 1.24. The minimum Gasteiger partial charge on any atom is -0.478 e. The number of carboxylic acids is 1. The van der Waals surface area contributed by atoms with Crippen molar-refractivity contribution in [1.82, 2.24) is 4.57 Å². The van der Waals surface area contributed by atoms with E-state index >= 15 is 0 Å². The number of carboxylic acid groups (broad SMARTS) is 1. The Bertz CT molecular complexity index is 637. The second kappa shape index (κ2) is 4.78.